The van der Waals surface area contributed by atoms with Crippen LogP contribution in [-0.4, -0.2) is 33.7 Å². The smallest absolute Gasteiger partial charge is 0.264 e. The van der Waals surface area contributed by atoms with Gasteiger partial charge in [0.05, 0.1) is 12.9 Å². The number of carbonyl (C=O) groups is 1. The van der Waals surface area contributed by atoms with Crippen LogP contribution in [0.2, 0.25) is 0 Å². The summed E-state index contributed by atoms with van der Waals surface area (Å²) in [6.45, 7) is 5.94. The van der Waals surface area contributed by atoms with Crippen LogP contribution in [0.15, 0.2) is 12.2 Å². The van der Waals surface area contributed by atoms with E-state index in [0.717, 1.165) is 19.1 Å². The SMILES string of the molecule is C=C(C)C(=O)NCCCCCOS(C)(=O)=O. The van der Waals surface area contributed by atoms with Gasteiger partial charge < -0.3 is 5.32 Å². The lowest BCUT2D eigenvalue weighted by Gasteiger charge is -2.04. The fourth-order valence-corrected chi connectivity index (χ4v) is 1.39. The topological polar surface area (TPSA) is 72.5 Å². The molecule has 6 heteroatoms. The number of nitrogens with one attached hydrogen (secondary N) is 1. The fraction of sp³-hybridized carbons (Fsp3) is 0.700. The van der Waals surface area contributed by atoms with E-state index in [-0.39, 0.29) is 12.5 Å². The van der Waals surface area contributed by atoms with Gasteiger partial charge in [-0.05, 0) is 26.2 Å². The number of rotatable bonds is 8. The molecule has 0 aromatic rings. The zero-order valence-corrected chi connectivity index (χ0v) is 10.6. The van der Waals surface area contributed by atoms with Crippen LogP contribution in [0.4, 0.5) is 0 Å². The fourth-order valence-electron chi connectivity index (χ4n) is 0.967. The van der Waals surface area contributed by atoms with Crippen LogP contribution in [0.25, 0.3) is 0 Å². The van der Waals surface area contributed by atoms with E-state index in [0.29, 0.717) is 18.5 Å². The van der Waals surface area contributed by atoms with Crippen molar-refractivity contribution in [3.8, 4) is 0 Å². The number of hydrogen-bond acceptors (Lipinski definition) is 4. The van der Waals surface area contributed by atoms with E-state index < -0.39 is 10.1 Å². The molecule has 0 aliphatic heterocycles. The predicted molar refractivity (Wildman–Crippen MR) is 62.5 cm³/mol. The van der Waals surface area contributed by atoms with Gasteiger partial charge in [0.2, 0.25) is 5.91 Å². The Hall–Kier alpha value is -0.880. The third-order valence-corrected chi connectivity index (χ3v) is 2.39. The second-order valence-electron chi connectivity index (χ2n) is 3.62. The summed E-state index contributed by atoms with van der Waals surface area (Å²) in [7, 11) is -3.32. The Morgan fingerprint density at radius 1 is 1.31 bits per heavy atom. The highest BCUT2D eigenvalue weighted by atomic mass is 32.2. The Morgan fingerprint density at radius 2 is 1.94 bits per heavy atom. The van der Waals surface area contributed by atoms with Gasteiger partial charge in [0.25, 0.3) is 10.1 Å². The summed E-state index contributed by atoms with van der Waals surface area (Å²) in [6, 6.07) is 0. The van der Waals surface area contributed by atoms with Gasteiger partial charge in [0, 0.05) is 12.1 Å². The van der Waals surface area contributed by atoms with Gasteiger partial charge in [0.15, 0.2) is 0 Å². The van der Waals surface area contributed by atoms with Gasteiger partial charge in [-0.3, -0.25) is 8.98 Å². The van der Waals surface area contributed by atoms with Crippen LogP contribution in [0.3, 0.4) is 0 Å². The van der Waals surface area contributed by atoms with E-state index >= 15 is 0 Å². The molecule has 0 aromatic carbocycles. The molecule has 1 N–H and O–H groups in total. The van der Waals surface area contributed by atoms with Crippen LogP contribution < -0.4 is 5.32 Å². The molecule has 0 radical (unpaired) electrons. The van der Waals surface area contributed by atoms with Crippen LogP contribution in [0.1, 0.15) is 26.2 Å². The maximum absolute atomic E-state index is 11.0. The minimum Gasteiger partial charge on any atom is -0.352 e. The highest BCUT2D eigenvalue weighted by Crippen LogP contribution is 1.97. The van der Waals surface area contributed by atoms with Gasteiger partial charge in [-0.2, -0.15) is 8.42 Å². The first kappa shape index (κ1) is 15.1. The molecule has 0 aliphatic rings. The zero-order valence-electron chi connectivity index (χ0n) is 9.78. The Labute approximate surface area is 97.0 Å². The normalized spacial score (nSPS) is 11.1. The first-order chi connectivity index (χ1) is 7.33. The Morgan fingerprint density at radius 3 is 2.44 bits per heavy atom. The second-order valence-corrected chi connectivity index (χ2v) is 5.27. The molecule has 0 aromatic heterocycles. The molecule has 5 nitrogen and oxygen atoms in total. The largest absolute Gasteiger partial charge is 0.352 e. The third kappa shape index (κ3) is 9.67. The lowest BCUT2D eigenvalue weighted by atomic mass is 10.2. The van der Waals surface area contributed by atoms with Crippen molar-refractivity contribution in [3.63, 3.8) is 0 Å². The molecule has 0 rings (SSSR count). The van der Waals surface area contributed by atoms with Gasteiger partial charge in [-0.15, -0.1) is 0 Å². The third-order valence-electron chi connectivity index (χ3n) is 1.79. The van der Waals surface area contributed by atoms with Crippen molar-refractivity contribution in [2.24, 2.45) is 0 Å². The second kappa shape index (κ2) is 7.40. The van der Waals surface area contributed by atoms with Crippen molar-refractivity contribution in [1.29, 1.82) is 0 Å². The molecule has 0 spiro atoms. The van der Waals surface area contributed by atoms with Gasteiger partial charge >= 0.3 is 0 Å². The van der Waals surface area contributed by atoms with E-state index in [4.69, 9.17) is 0 Å². The number of carbonyl (C=O) groups excluding carboxylic acids is 1. The molecule has 0 saturated carbocycles. The summed E-state index contributed by atoms with van der Waals surface area (Å²) in [5, 5.41) is 2.69. The maximum Gasteiger partial charge on any atom is 0.264 e. The van der Waals surface area contributed by atoms with E-state index in [2.05, 4.69) is 16.1 Å². The molecular weight excluding hydrogens is 230 g/mol. The average molecular weight is 249 g/mol. The van der Waals surface area contributed by atoms with Gasteiger partial charge in [-0.25, -0.2) is 0 Å². The predicted octanol–water partition coefficient (Wildman–Crippen LogP) is 0.825. The Kier molecular flexibility index (Phi) is 7.00. The number of unbranched alkanes of at least 4 members (excludes halogenated alkanes) is 2. The number of amides is 1. The van der Waals surface area contributed by atoms with E-state index in [1.54, 1.807) is 6.92 Å². The minimum atomic E-state index is -3.32. The van der Waals surface area contributed by atoms with Gasteiger partial charge in [-0.1, -0.05) is 6.58 Å². The maximum atomic E-state index is 11.0. The van der Waals surface area contributed by atoms with E-state index in [9.17, 15) is 13.2 Å². The molecule has 0 saturated heterocycles. The summed E-state index contributed by atoms with van der Waals surface area (Å²) in [4.78, 5) is 11.0. The van der Waals surface area contributed by atoms with Crippen LogP contribution in [0, 0.1) is 0 Å². The van der Waals surface area contributed by atoms with Crippen LogP contribution >= 0.6 is 0 Å². The lowest BCUT2D eigenvalue weighted by Crippen LogP contribution is -2.24. The highest BCUT2D eigenvalue weighted by Gasteiger charge is 2.01. The summed E-state index contributed by atoms with van der Waals surface area (Å²) >= 11 is 0. The molecular formula is C10H19NO4S. The summed E-state index contributed by atoms with van der Waals surface area (Å²) < 4.78 is 25.8. The standard InChI is InChI=1S/C10H19NO4S/c1-9(2)10(12)11-7-5-4-6-8-15-16(3,13)14/h1,4-8H2,2-3H3,(H,11,12). The summed E-state index contributed by atoms with van der Waals surface area (Å²) in [6.07, 6.45) is 3.30. The molecule has 0 bridgehead atoms. The van der Waals surface area contributed by atoms with Crippen molar-refractivity contribution < 1.29 is 17.4 Å². The Bertz CT molecular complexity index is 335. The zero-order chi connectivity index (χ0) is 12.6. The average Bonchev–Trinajstić information content (AvgIpc) is 2.14. The molecule has 0 fully saturated rings. The first-order valence-corrected chi connectivity index (χ1v) is 6.92. The van der Waals surface area contributed by atoms with Crippen LogP contribution in [0.5, 0.6) is 0 Å². The molecule has 0 heterocycles. The van der Waals surface area contributed by atoms with Crippen molar-refractivity contribution >= 4 is 16.0 Å². The Balaban J connectivity index is 3.35. The van der Waals surface area contributed by atoms with Crippen molar-refractivity contribution in [2.45, 2.75) is 26.2 Å². The number of hydrogen-bond donors (Lipinski definition) is 1. The molecule has 1 amide bonds. The monoisotopic (exact) mass is 249 g/mol. The summed E-state index contributed by atoms with van der Waals surface area (Å²) in [5.74, 6) is -0.146. The molecule has 0 aliphatic carbocycles. The summed E-state index contributed by atoms with van der Waals surface area (Å²) in [5.41, 5.74) is 0.486. The van der Waals surface area contributed by atoms with Gasteiger partial charge in [0.1, 0.15) is 0 Å². The lowest BCUT2D eigenvalue weighted by molar-refractivity contribution is -0.117. The molecule has 16 heavy (non-hydrogen) atoms. The van der Waals surface area contributed by atoms with E-state index in [1.807, 2.05) is 0 Å². The van der Waals surface area contributed by atoms with Crippen molar-refractivity contribution in [1.82, 2.24) is 5.32 Å². The molecule has 0 atom stereocenters. The van der Waals surface area contributed by atoms with Crippen molar-refractivity contribution in [3.05, 3.63) is 12.2 Å². The highest BCUT2D eigenvalue weighted by molar-refractivity contribution is 7.85. The van der Waals surface area contributed by atoms with E-state index in [1.165, 1.54) is 0 Å². The van der Waals surface area contributed by atoms with Crippen molar-refractivity contribution in [2.75, 3.05) is 19.4 Å². The quantitative estimate of drug-likeness (QED) is 0.393. The van der Waals surface area contributed by atoms with Crippen LogP contribution in [-0.2, 0) is 19.1 Å². The first-order valence-electron chi connectivity index (χ1n) is 5.11. The minimum absolute atomic E-state index is 0.146. The molecule has 0 unspecified atom stereocenters. The molecule has 94 valence electrons.